The van der Waals surface area contributed by atoms with Gasteiger partial charge in [0.25, 0.3) is 0 Å². The zero-order chi connectivity index (χ0) is 14.5. The molecule has 0 aromatic heterocycles. The summed E-state index contributed by atoms with van der Waals surface area (Å²) in [5, 5.41) is 18.7. The first-order chi connectivity index (χ1) is 9.39. The Bertz CT molecular complexity index is 554. The van der Waals surface area contributed by atoms with Gasteiger partial charge < -0.3 is 10.2 Å². The van der Waals surface area contributed by atoms with E-state index in [4.69, 9.17) is 0 Å². The van der Waals surface area contributed by atoms with Gasteiger partial charge in [0.1, 0.15) is 0 Å². The van der Waals surface area contributed by atoms with Gasteiger partial charge in [0.15, 0.2) is 0 Å². The van der Waals surface area contributed by atoms with Crippen molar-refractivity contribution in [2.24, 2.45) is 10.8 Å². The molecule has 1 aliphatic carbocycles. The monoisotopic (exact) mass is 275 g/mol. The lowest BCUT2D eigenvalue weighted by atomic mass is 9.97. The lowest BCUT2D eigenvalue weighted by Crippen LogP contribution is -2.28. The summed E-state index contributed by atoms with van der Waals surface area (Å²) in [7, 11) is 0. The largest absolute Gasteiger partial charge is 0.481 e. The van der Waals surface area contributed by atoms with E-state index in [1.165, 1.54) is 5.56 Å². The third-order valence-electron chi connectivity index (χ3n) is 4.73. The fraction of sp³-hybridized carbons (Fsp3) is 0.467. The van der Waals surface area contributed by atoms with Crippen LogP contribution < -0.4 is 0 Å². The molecule has 2 fully saturated rings. The lowest BCUT2D eigenvalue weighted by molar-refractivity contribution is -0.151. The first-order valence-electron chi connectivity index (χ1n) is 6.64. The van der Waals surface area contributed by atoms with Crippen LogP contribution in [-0.2, 0) is 16.1 Å². The van der Waals surface area contributed by atoms with Crippen LogP contribution in [-0.4, -0.2) is 40.1 Å². The van der Waals surface area contributed by atoms with Crippen molar-refractivity contribution in [3.05, 3.63) is 35.4 Å². The summed E-state index contributed by atoms with van der Waals surface area (Å²) in [5.74, 6) is -1.96. The van der Waals surface area contributed by atoms with Gasteiger partial charge in [-0.05, 0) is 18.9 Å². The molecule has 3 rings (SSSR count). The Balaban J connectivity index is 1.77. The van der Waals surface area contributed by atoms with Gasteiger partial charge in [0, 0.05) is 19.6 Å². The first kappa shape index (κ1) is 13.1. The molecule has 1 saturated carbocycles. The Kier molecular flexibility index (Phi) is 2.66. The number of hydrogen-bond acceptors (Lipinski definition) is 3. The van der Waals surface area contributed by atoms with Crippen LogP contribution in [0.15, 0.2) is 24.3 Å². The molecule has 0 bridgehead atoms. The maximum atomic E-state index is 11.4. The molecule has 1 aromatic rings. The summed E-state index contributed by atoms with van der Waals surface area (Å²) in [6.45, 7) is 3.25. The number of carboxylic acids is 2. The number of likely N-dealkylation sites (tertiary alicyclic amines) is 1. The topological polar surface area (TPSA) is 77.8 Å². The molecule has 1 aromatic carbocycles. The van der Waals surface area contributed by atoms with Crippen molar-refractivity contribution in [3.8, 4) is 0 Å². The third kappa shape index (κ3) is 1.66. The van der Waals surface area contributed by atoms with Crippen LogP contribution in [0, 0.1) is 17.8 Å². The Morgan fingerprint density at radius 1 is 1.10 bits per heavy atom. The molecule has 0 amide bonds. The van der Waals surface area contributed by atoms with Crippen LogP contribution in [0.4, 0.5) is 0 Å². The molecule has 1 aliphatic heterocycles. The normalized spacial score (nSPS) is 31.9. The van der Waals surface area contributed by atoms with Gasteiger partial charge >= 0.3 is 11.9 Å². The summed E-state index contributed by atoms with van der Waals surface area (Å²) in [6, 6.07) is 8.01. The Morgan fingerprint density at radius 2 is 1.60 bits per heavy atom. The van der Waals surface area contributed by atoms with E-state index in [9.17, 15) is 19.8 Å². The Labute approximate surface area is 116 Å². The second-order valence-electron chi connectivity index (χ2n) is 6.08. The summed E-state index contributed by atoms with van der Waals surface area (Å²) in [4.78, 5) is 24.8. The van der Waals surface area contributed by atoms with Crippen LogP contribution in [0.3, 0.4) is 0 Å². The van der Waals surface area contributed by atoms with Gasteiger partial charge in [-0.2, -0.15) is 0 Å². The Hall–Kier alpha value is -1.88. The fourth-order valence-corrected chi connectivity index (χ4v) is 3.46. The molecule has 106 valence electrons. The minimum absolute atomic E-state index is 0.259. The molecule has 2 N–H and O–H groups in total. The molecular formula is C15H17NO4. The predicted octanol–water partition coefficient (Wildman–Crippen LogP) is 1.36. The number of fused-ring (bicyclic) bond motifs is 1. The van der Waals surface area contributed by atoms with E-state index in [1.807, 2.05) is 36.1 Å². The number of aliphatic carboxylic acids is 2. The summed E-state index contributed by atoms with van der Waals surface area (Å²) >= 11 is 0. The molecule has 5 nitrogen and oxygen atoms in total. The lowest BCUT2D eigenvalue weighted by Gasteiger charge is -2.19. The maximum absolute atomic E-state index is 11.4. The maximum Gasteiger partial charge on any atom is 0.312 e. The van der Waals surface area contributed by atoms with Gasteiger partial charge in [-0.15, -0.1) is 0 Å². The number of piperidine rings is 1. The highest BCUT2D eigenvalue weighted by atomic mass is 16.4. The van der Waals surface area contributed by atoms with Crippen molar-refractivity contribution in [1.29, 1.82) is 0 Å². The van der Waals surface area contributed by atoms with E-state index < -0.39 is 22.8 Å². The average molecular weight is 275 g/mol. The van der Waals surface area contributed by atoms with E-state index >= 15 is 0 Å². The van der Waals surface area contributed by atoms with Gasteiger partial charge in [-0.25, -0.2) is 0 Å². The summed E-state index contributed by atoms with van der Waals surface area (Å²) in [5.41, 5.74) is 0.0903. The zero-order valence-corrected chi connectivity index (χ0v) is 11.3. The first-order valence-corrected chi connectivity index (χ1v) is 6.64. The molecule has 2 atom stereocenters. The molecule has 1 heterocycles. The number of nitrogens with zero attached hydrogens (tertiary/aromatic N) is 1. The fourth-order valence-electron chi connectivity index (χ4n) is 3.46. The standard InChI is InChI=1S/C15H17NO4/c1-10-2-4-11(5-3-10)6-16-8-14(12(17)18)7-15(14,9-16)13(19)20/h2-5H,6-9H2,1H3,(H,17,18)(H,19,20)/t14-,15+. The molecule has 20 heavy (non-hydrogen) atoms. The number of aryl methyl sites for hydroxylation is 1. The number of carboxylic acid groups (broad SMARTS) is 2. The van der Waals surface area contributed by atoms with E-state index in [2.05, 4.69) is 0 Å². The second kappa shape index (κ2) is 4.06. The minimum Gasteiger partial charge on any atom is -0.481 e. The van der Waals surface area contributed by atoms with Crippen molar-refractivity contribution in [1.82, 2.24) is 4.90 Å². The van der Waals surface area contributed by atoms with Crippen LogP contribution in [0.5, 0.6) is 0 Å². The number of carbonyl (C=O) groups is 2. The summed E-state index contributed by atoms with van der Waals surface area (Å²) in [6.07, 6.45) is 0.259. The molecule has 0 radical (unpaired) electrons. The molecule has 2 aliphatic rings. The summed E-state index contributed by atoms with van der Waals surface area (Å²) < 4.78 is 0. The van der Waals surface area contributed by atoms with Gasteiger partial charge in [-0.3, -0.25) is 14.5 Å². The number of hydrogen-bond donors (Lipinski definition) is 2. The van der Waals surface area contributed by atoms with Crippen molar-refractivity contribution >= 4 is 11.9 Å². The van der Waals surface area contributed by atoms with Crippen LogP contribution in [0.25, 0.3) is 0 Å². The average Bonchev–Trinajstić information content (AvgIpc) is 2.93. The van der Waals surface area contributed by atoms with Crippen LogP contribution in [0.2, 0.25) is 0 Å². The Morgan fingerprint density at radius 3 is 2.05 bits per heavy atom. The van der Waals surface area contributed by atoms with E-state index in [0.717, 1.165) is 5.56 Å². The molecule has 0 unspecified atom stereocenters. The van der Waals surface area contributed by atoms with Crippen molar-refractivity contribution in [2.45, 2.75) is 19.9 Å². The molecule has 1 saturated heterocycles. The zero-order valence-electron chi connectivity index (χ0n) is 11.3. The SMILES string of the molecule is Cc1ccc(CN2C[C@@]3(C(=O)O)C[C@@]3(C(=O)O)C2)cc1. The quantitative estimate of drug-likeness (QED) is 0.867. The van der Waals surface area contributed by atoms with Crippen molar-refractivity contribution in [2.75, 3.05) is 13.1 Å². The van der Waals surface area contributed by atoms with Crippen molar-refractivity contribution in [3.63, 3.8) is 0 Å². The van der Waals surface area contributed by atoms with Crippen LogP contribution in [0.1, 0.15) is 17.5 Å². The van der Waals surface area contributed by atoms with Gasteiger partial charge in [0.05, 0.1) is 10.8 Å². The number of benzene rings is 1. The molecular weight excluding hydrogens is 258 g/mol. The molecule has 0 spiro atoms. The highest BCUT2D eigenvalue weighted by Crippen LogP contribution is 2.68. The highest BCUT2D eigenvalue weighted by molar-refractivity contribution is 5.94. The number of rotatable bonds is 4. The molecule has 5 heteroatoms. The van der Waals surface area contributed by atoms with Gasteiger partial charge in [-0.1, -0.05) is 29.8 Å². The smallest absolute Gasteiger partial charge is 0.312 e. The highest BCUT2D eigenvalue weighted by Gasteiger charge is 2.80. The predicted molar refractivity (Wildman–Crippen MR) is 71.2 cm³/mol. The van der Waals surface area contributed by atoms with E-state index in [-0.39, 0.29) is 6.42 Å². The van der Waals surface area contributed by atoms with Gasteiger partial charge in [0.2, 0.25) is 0 Å². The van der Waals surface area contributed by atoms with E-state index in [0.29, 0.717) is 19.6 Å². The van der Waals surface area contributed by atoms with E-state index in [1.54, 1.807) is 0 Å². The second-order valence-corrected chi connectivity index (χ2v) is 6.08. The van der Waals surface area contributed by atoms with Crippen molar-refractivity contribution < 1.29 is 19.8 Å². The minimum atomic E-state index is -1.08. The third-order valence-corrected chi connectivity index (χ3v) is 4.73. The van der Waals surface area contributed by atoms with Crippen LogP contribution >= 0.6 is 0 Å².